The van der Waals surface area contributed by atoms with E-state index in [-0.39, 0.29) is 58.9 Å². The molecule has 0 unspecified atom stereocenters. The quantitative estimate of drug-likeness (QED) is 0.302. The first-order valence-corrected chi connectivity index (χ1v) is 10.5. The summed E-state index contributed by atoms with van der Waals surface area (Å²) in [4.78, 5) is 0. The maximum absolute atomic E-state index is 2.41. The van der Waals surface area contributed by atoms with Crippen LogP contribution in [0.3, 0.4) is 0 Å². The van der Waals surface area contributed by atoms with Gasteiger partial charge in [0.15, 0.2) is 0 Å². The molecule has 2 rings (SSSR count). The summed E-state index contributed by atoms with van der Waals surface area (Å²) in [7, 11) is -1.54. The Morgan fingerprint density at radius 1 is 0.833 bits per heavy atom. The van der Waals surface area contributed by atoms with Crippen molar-refractivity contribution in [3.8, 4) is 0 Å². The number of halogens is 3. The van der Waals surface area contributed by atoms with Crippen molar-refractivity contribution >= 4 is 18.4 Å². The van der Waals surface area contributed by atoms with Gasteiger partial charge >= 0.3 is 21.7 Å². The third-order valence-corrected chi connectivity index (χ3v) is 10.1. The number of hydrogen-bond donors (Lipinski definition) is 0. The Balaban J connectivity index is -0.00000110. The van der Waals surface area contributed by atoms with Gasteiger partial charge in [-0.15, -0.1) is 0 Å². The van der Waals surface area contributed by atoms with E-state index in [9.17, 15) is 0 Å². The molecule has 2 aromatic rings. The van der Waals surface area contributed by atoms with E-state index in [4.69, 9.17) is 0 Å². The summed E-state index contributed by atoms with van der Waals surface area (Å²) in [5.74, 6) is 0. The molecule has 0 amide bonds. The third kappa shape index (κ3) is 6.27. The molecule has 0 atom stereocenters. The molecular weight excluding hydrogens is 411 g/mol. The first-order valence-electron chi connectivity index (χ1n) is 8.09. The first-order chi connectivity index (χ1) is 9.78. The van der Waals surface area contributed by atoms with Crippen LogP contribution < -0.4 is 47.6 Å². The van der Waals surface area contributed by atoms with Crippen LogP contribution in [0, 0.1) is 0 Å². The van der Waals surface area contributed by atoms with Crippen molar-refractivity contribution in [3.05, 3.63) is 54.1 Å². The Hall–Kier alpha value is 0.371. The number of hydrogen-bond acceptors (Lipinski definition) is 0. The van der Waals surface area contributed by atoms with Crippen molar-refractivity contribution in [1.82, 2.24) is 0 Å². The molecule has 0 N–H and O–H groups in total. The average Bonchev–Trinajstić information content (AvgIpc) is 2.97. The van der Waals surface area contributed by atoms with Gasteiger partial charge in [-0.2, -0.15) is 16.8 Å². The molecule has 0 radical (unpaired) electrons. The maximum atomic E-state index is 2.41. The van der Waals surface area contributed by atoms with Crippen molar-refractivity contribution in [2.75, 3.05) is 0 Å². The molecule has 5 heteroatoms. The Kier molecular flexibility index (Phi) is 17.6. The minimum absolute atomic E-state index is 0. The van der Waals surface area contributed by atoms with Crippen molar-refractivity contribution < 1.29 is 58.9 Å². The van der Waals surface area contributed by atoms with E-state index in [1.807, 2.05) is 0 Å². The Morgan fingerprint density at radius 3 is 1.92 bits per heavy atom. The van der Waals surface area contributed by atoms with E-state index >= 15 is 0 Å². The van der Waals surface area contributed by atoms with Crippen LogP contribution in [0.15, 0.2) is 48.5 Å². The molecule has 0 saturated heterocycles. The fourth-order valence-electron chi connectivity index (χ4n) is 3.46. The minimum atomic E-state index is -1.54. The predicted molar refractivity (Wildman–Crippen MR) is 93.1 cm³/mol. The molecule has 0 nitrogen and oxygen atoms in total. The Labute approximate surface area is 182 Å². The van der Waals surface area contributed by atoms with Crippen molar-refractivity contribution in [1.29, 1.82) is 0 Å². The zero-order chi connectivity index (χ0) is 14.4. The molecule has 24 heavy (non-hydrogen) atoms. The van der Waals surface area contributed by atoms with Gasteiger partial charge in [-0.3, -0.25) is 0 Å². The Bertz CT molecular complexity index is 524. The molecule has 0 saturated carbocycles. The third-order valence-electron chi connectivity index (χ3n) is 4.75. The molecular formula is C19H27Cl3SiTi. The topological polar surface area (TPSA) is 0 Å². The normalized spacial score (nSPS) is 9.79. The van der Waals surface area contributed by atoms with E-state index < -0.39 is 8.07 Å². The number of aryl methyl sites for hydroxylation is 1. The van der Waals surface area contributed by atoms with Crippen LogP contribution >= 0.6 is 0 Å². The van der Waals surface area contributed by atoms with Gasteiger partial charge < -0.3 is 37.2 Å². The monoisotopic (exact) mass is 436 g/mol. The van der Waals surface area contributed by atoms with Gasteiger partial charge in [0, 0.05) is 0 Å². The summed E-state index contributed by atoms with van der Waals surface area (Å²) >= 11 is 0. The van der Waals surface area contributed by atoms with Crippen LogP contribution in [0.5, 0.6) is 0 Å². The van der Waals surface area contributed by atoms with Crippen molar-refractivity contribution in [2.45, 2.75) is 52.1 Å². The average molecular weight is 438 g/mol. The number of unbranched alkanes of at least 4 members (excludes halogenated alkanes) is 1. The van der Waals surface area contributed by atoms with Gasteiger partial charge in [0.25, 0.3) is 0 Å². The standard InChI is InChI=1S/C19H27Si.3ClH.Ti/c1-4-7-12-17-13-11-16-19(17)20(5-2,6-3)18-14-9-8-10-15-18;;;;/h8-11,13-16H,4-7,12H2,1-3H3;3*1H;/q-1;;;;+4/p-3. The largest absolute Gasteiger partial charge is 4.00 e. The van der Waals surface area contributed by atoms with E-state index in [0.717, 1.165) is 0 Å². The molecule has 0 aliphatic rings. The van der Waals surface area contributed by atoms with E-state index in [1.165, 1.54) is 31.4 Å². The Morgan fingerprint density at radius 2 is 1.42 bits per heavy atom. The van der Waals surface area contributed by atoms with Gasteiger partial charge in [0.1, 0.15) is 0 Å². The van der Waals surface area contributed by atoms with Gasteiger partial charge in [-0.1, -0.05) is 87.6 Å². The summed E-state index contributed by atoms with van der Waals surface area (Å²) in [5, 5.41) is 3.30. The zero-order valence-corrected chi connectivity index (χ0v) is 19.6. The molecule has 0 bridgehead atoms. The first kappa shape index (κ1) is 29.1. The van der Waals surface area contributed by atoms with E-state index in [1.54, 1.807) is 15.9 Å². The smallest absolute Gasteiger partial charge is 1.00 e. The van der Waals surface area contributed by atoms with Gasteiger partial charge in [0.05, 0.1) is 8.07 Å². The second kappa shape index (κ2) is 14.5. The van der Waals surface area contributed by atoms with Crippen LogP contribution in [0.2, 0.25) is 12.1 Å². The summed E-state index contributed by atoms with van der Waals surface area (Å²) in [6.07, 6.45) is 3.84. The van der Waals surface area contributed by atoms with E-state index in [0.29, 0.717) is 0 Å². The SMILES string of the molecule is CCCCc1ccc[c-]1[Si](CC)(CC)c1ccccc1.[Cl-].[Cl-].[Cl-].[Ti+4]. The van der Waals surface area contributed by atoms with Crippen LogP contribution in [-0.4, -0.2) is 8.07 Å². The molecule has 0 heterocycles. The molecule has 0 fully saturated rings. The maximum Gasteiger partial charge on any atom is 4.00 e. The predicted octanol–water partition coefficient (Wildman–Crippen LogP) is -4.64. The number of rotatable bonds is 7. The summed E-state index contributed by atoms with van der Waals surface area (Å²) < 4.78 is 0. The fourth-order valence-corrected chi connectivity index (χ4v) is 7.92. The molecule has 0 aromatic heterocycles. The summed E-state index contributed by atoms with van der Waals surface area (Å²) in [6.45, 7) is 7.06. The van der Waals surface area contributed by atoms with E-state index in [2.05, 4.69) is 69.3 Å². The van der Waals surface area contributed by atoms with Gasteiger partial charge in [-0.05, 0) is 0 Å². The molecule has 2 aromatic carbocycles. The number of benzene rings is 1. The summed E-state index contributed by atoms with van der Waals surface area (Å²) in [5.41, 5.74) is 1.62. The molecule has 0 spiro atoms. The zero-order valence-electron chi connectivity index (χ0n) is 14.8. The fraction of sp³-hybridized carbons (Fsp3) is 0.421. The van der Waals surface area contributed by atoms with Crippen LogP contribution in [0.25, 0.3) is 0 Å². The molecule has 132 valence electrons. The van der Waals surface area contributed by atoms with Crippen molar-refractivity contribution in [3.63, 3.8) is 0 Å². The molecule has 0 aliphatic carbocycles. The van der Waals surface area contributed by atoms with Gasteiger partial charge in [0.2, 0.25) is 0 Å². The second-order valence-corrected chi connectivity index (χ2v) is 10.4. The molecule has 0 aliphatic heterocycles. The van der Waals surface area contributed by atoms with Gasteiger partial charge in [-0.25, -0.2) is 12.1 Å². The van der Waals surface area contributed by atoms with Crippen LogP contribution in [-0.2, 0) is 28.1 Å². The van der Waals surface area contributed by atoms with Crippen molar-refractivity contribution in [2.24, 2.45) is 0 Å². The second-order valence-electron chi connectivity index (χ2n) is 5.72. The van der Waals surface area contributed by atoms with Crippen LogP contribution in [0.4, 0.5) is 0 Å². The minimum Gasteiger partial charge on any atom is -1.00 e. The summed E-state index contributed by atoms with van der Waals surface area (Å²) in [6, 6.07) is 20.9. The van der Waals surface area contributed by atoms with Crippen LogP contribution in [0.1, 0.15) is 39.2 Å².